The van der Waals surface area contributed by atoms with Crippen molar-refractivity contribution in [1.29, 1.82) is 0 Å². The molecule has 0 bridgehead atoms. The molecule has 94 valence electrons. The van der Waals surface area contributed by atoms with Crippen molar-refractivity contribution in [3.63, 3.8) is 0 Å². The van der Waals surface area contributed by atoms with E-state index in [4.69, 9.17) is 9.47 Å². The zero-order chi connectivity index (χ0) is 12.2. The first kappa shape index (κ1) is 13.2. The number of alkyl halides is 4. The summed E-state index contributed by atoms with van der Waals surface area (Å²) in [5.41, 5.74) is 0. The highest BCUT2D eigenvalue weighted by Crippen LogP contribution is 2.22. The Morgan fingerprint density at radius 2 is 2.12 bits per heavy atom. The number of nitrogens with one attached hydrogen (secondary N) is 1. The molecule has 1 aliphatic heterocycles. The first-order chi connectivity index (χ1) is 7.44. The van der Waals surface area contributed by atoms with Crippen molar-refractivity contribution in [2.75, 3.05) is 26.4 Å². The standard InChI is InChI=1S/C8H11F4NO3/c9-6(10)8(11,12)7(14)13-3-5-4-15-1-2-16-5/h5-6H,1-4H2,(H,13,14). The maximum Gasteiger partial charge on any atom is 0.383 e. The van der Waals surface area contributed by atoms with Gasteiger partial charge < -0.3 is 14.8 Å². The van der Waals surface area contributed by atoms with Crippen LogP contribution in [0.2, 0.25) is 0 Å². The van der Waals surface area contributed by atoms with Crippen molar-refractivity contribution in [3.8, 4) is 0 Å². The maximum absolute atomic E-state index is 12.5. The van der Waals surface area contributed by atoms with Crippen LogP contribution in [0.3, 0.4) is 0 Å². The molecule has 1 rings (SSSR count). The summed E-state index contributed by atoms with van der Waals surface area (Å²) in [6.07, 6.45) is -4.60. The van der Waals surface area contributed by atoms with E-state index in [0.29, 0.717) is 6.61 Å². The van der Waals surface area contributed by atoms with Crippen LogP contribution in [0.4, 0.5) is 17.6 Å². The molecule has 1 saturated heterocycles. The molecule has 1 heterocycles. The second-order valence-electron chi connectivity index (χ2n) is 3.20. The van der Waals surface area contributed by atoms with Crippen LogP contribution in [0.1, 0.15) is 0 Å². The summed E-state index contributed by atoms with van der Waals surface area (Å²) in [6, 6.07) is 0. The van der Waals surface area contributed by atoms with Crippen molar-refractivity contribution in [2.45, 2.75) is 18.5 Å². The van der Waals surface area contributed by atoms with E-state index < -0.39 is 24.4 Å². The molecule has 1 fully saturated rings. The van der Waals surface area contributed by atoms with Crippen LogP contribution >= 0.6 is 0 Å². The molecule has 1 amide bonds. The summed E-state index contributed by atoms with van der Waals surface area (Å²) < 4.78 is 58.4. The molecular formula is C8H11F4NO3. The summed E-state index contributed by atoms with van der Waals surface area (Å²) in [6.45, 7) is 0.533. The van der Waals surface area contributed by atoms with Crippen LogP contribution in [0, 0.1) is 0 Å². The van der Waals surface area contributed by atoms with Gasteiger partial charge in [0.2, 0.25) is 0 Å². The third kappa shape index (κ3) is 3.31. The number of ether oxygens (including phenoxy) is 2. The Labute approximate surface area is 88.9 Å². The number of carbonyl (C=O) groups excluding carboxylic acids is 1. The van der Waals surface area contributed by atoms with Gasteiger partial charge in [-0.15, -0.1) is 0 Å². The molecule has 1 unspecified atom stereocenters. The largest absolute Gasteiger partial charge is 0.383 e. The summed E-state index contributed by atoms with van der Waals surface area (Å²) in [4.78, 5) is 10.7. The van der Waals surface area contributed by atoms with Gasteiger partial charge >= 0.3 is 12.3 Å². The first-order valence-electron chi connectivity index (χ1n) is 4.58. The molecule has 16 heavy (non-hydrogen) atoms. The average molecular weight is 245 g/mol. The van der Waals surface area contributed by atoms with Gasteiger partial charge in [-0.25, -0.2) is 8.78 Å². The number of rotatable bonds is 4. The van der Waals surface area contributed by atoms with Crippen LogP contribution < -0.4 is 5.32 Å². The summed E-state index contributed by atoms with van der Waals surface area (Å²) in [5.74, 6) is -6.67. The smallest absolute Gasteiger partial charge is 0.376 e. The number of carbonyl (C=O) groups is 1. The highest BCUT2D eigenvalue weighted by Gasteiger charge is 2.48. The van der Waals surface area contributed by atoms with E-state index in [0.717, 1.165) is 0 Å². The Bertz CT molecular complexity index is 243. The SMILES string of the molecule is O=C(NCC1COCCO1)C(F)(F)C(F)F. The van der Waals surface area contributed by atoms with Gasteiger partial charge in [-0.2, -0.15) is 8.78 Å². The van der Waals surface area contributed by atoms with Crippen molar-refractivity contribution < 1.29 is 31.8 Å². The maximum atomic E-state index is 12.5. The van der Waals surface area contributed by atoms with E-state index in [1.54, 1.807) is 5.32 Å². The second-order valence-corrected chi connectivity index (χ2v) is 3.20. The third-order valence-electron chi connectivity index (χ3n) is 1.95. The van der Waals surface area contributed by atoms with Gasteiger partial charge in [0.1, 0.15) is 0 Å². The zero-order valence-corrected chi connectivity index (χ0v) is 8.22. The Kier molecular flexibility index (Phi) is 4.48. The molecule has 0 spiro atoms. The Morgan fingerprint density at radius 1 is 1.44 bits per heavy atom. The normalized spacial score (nSPS) is 22.2. The Morgan fingerprint density at radius 3 is 2.62 bits per heavy atom. The fourth-order valence-electron chi connectivity index (χ4n) is 1.08. The highest BCUT2D eigenvalue weighted by molar-refractivity contribution is 5.83. The fraction of sp³-hybridized carbons (Fsp3) is 0.875. The lowest BCUT2D eigenvalue weighted by molar-refractivity contribution is -0.170. The minimum absolute atomic E-state index is 0.139. The van der Waals surface area contributed by atoms with E-state index in [1.165, 1.54) is 0 Å². The van der Waals surface area contributed by atoms with Gasteiger partial charge in [0, 0.05) is 6.54 Å². The van der Waals surface area contributed by atoms with Crippen LogP contribution in [-0.2, 0) is 14.3 Å². The summed E-state index contributed by atoms with van der Waals surface area (Å²) >= 11 is 0. The van der Waals surface area contributed by atoms with E-state index in [2.05, 4.69) is 0 Å². The lowest BCUT2D eigenvalue weighted by atomic mass is 10.3. The van der Waals surface area contributed by atoms with Crippen molar-refractivity contribution in [2.24, 2.45) is 0 Å². The third-order valence-corrected chi connectivity index (χ3v) is 1.95. The van der Waals surface area contributed by atoms with Crippen LogP contribution in [-0.4, -0.2) is 50.7 Å². The number of amides is 1. The Hall–Kier alpha value is -0.890. The number of halogens is 4. The predicted octanol–water partition coefficient (Wildman–Crippen LogP) is 0.418. The van der Waals surface area contributed by atoms with E-state index in [-0.39, 0.29) is 19.8 Å². The molecule has 1 atom stereocenters. The molecular weight excluding hydrogens is 234 g/mol. The molecule has 1 aliphatic rings. The molecule has 0 radical (unpaired) electrons. The molecule has 1 N–H and O–H groups in total. The molecule has 0 aromatic heterocycles. The lowest BCUT2D eigenvalue weighted by Crippen LogP contribution is -2.49. The molecule has 0 aliphatic carbocycles. The minimum atomic E-state index is -4.67. The van der Waals surface area contributed by atoms with Gasteiger partial charge in [-0.05, 0) is 0 Å². The van der Waals surface area contributed by atoms with E-state index in [9.17, 15) is 22.4 Å². The molecule has 8 heteroatoms. The number of hydrogen-bond donors (Lipinski definition) is 1. The summed E-state index contributed by atoms with van der Waals surface area (Å²) in [5, 5.41) is 1.70. The first-order valence-corrected chi connectivity index (χ1v) is 4.58. The topological polar surface area (TPSA) is 47.6 Å². The number of hydrogen-bond acceptors (Lipinski definition) is 3. The van der Waals surface area contributed by atoms with Crippen LogP contribution in [0.15, 0.2) is 0 Å². The van der Waals surface area contributed by atoms with E-state index >= 15 is 0 Å². The molecule has 0 saturated carbocycles. The fourth-order valence-corrected chi connectivity index (χ4v) is 1.08. The summed E-state index contributed by atoms with van der Waals surface area (Å²) in [7, 11) is 0. The predicted molar refractivity (Wildman–Crippen MR) is 44.5 cm³/mol. The van der Waals surface area contributed by atoms with Gasteiger partial charge in [-0.1, -0.05) is 0 Å². The minimum Gasteiger partial charge on any atom is -0.376 e. The molecule has 0 aromatic carbocycles. The highest BCUT2D eigenvalue weighted by atomic mass is 19.3. The van der Waals surface area contributed by atoms with Gasteiger partial charge in [-0.3, -0.25) is 4.79 Å². The van der Waals surface area contributed by atoms with E-state index in [1.807, 2.05) is 0 Å². The quantitative estimate of drug-likeness (QED) is 0.730. The molecule has 0 aromatic rings. The van der Waals surface area contributed by atoms with Crippen molar-refractivity contribution >= 4 is 5.91 Å². The van der Waals surface area contributed by atoms with Crippen molar-refractivity contribution in [3.05, 3.63) is 0 Å². The lowest BCUT2D eigenvalue weighted by Gasteiger charge is -2.24. The van der Waals surface area contributed by atoms with Gasteiger partial charge in [0.25, 0.3) is 5.91 Å². The average Bonchev–Trinajstić information content (AvgIpc) is 2.27. The Balaban J connectivity index is 2.34. The van der Waals surface area contributed by atoms with Crippen LogP contribution in [0.5, 0.6) is 0 Å². The van der Waals surface area contributed by atoms with Gasteiger partial charge in [0.15, 0.2) is 0 Å². The second kappa shape index (κ2) is 5.44. The van der Waals surface area contributed by atoms with Gasteiger partial charge in [0.05, 0.1) is 25.9 Å². The van der Waals surface area contributed by atoms with Crippen molar-refractivity contribution in [1.82, 2.24) is 5.32 Å². The van der Waals surface area contributed by atoms with Crippen LogP contribution in [0.25, 0.3) is 0 Å². The molecule has 4 nitrogen and oxygen atoms in total. The zero-order valence-electron chi connectivity index (χ0n) is 8.22. The monoisotopic (exact) mass is 245 g/mol.